The molecule has 130 valence electrons. The Kier molecular flexibility index (Phi) is 5.84. The van der Waals surface area contributed by atoms with Crippen LogP contribution in [0.3, 0.4) is 0 Å². The number of nitrogens with zero attached hydrogens (tertiary/aromatic N) is 1. The third-order valence-electron chi connectivity index (χ3n) is 3.25. The highest BCUT2D eigenvalue weighted by Gasteiger charge is 2.12. The molecule has 0 aromatic heterocycles. The number of esters is 1. The van der Waals surface area contributed by atoms with E-state index in [1.807, 2.05) is 13.8 Å². The van der Waals surface area contributed by atoms with Gasteiger partial charge >= 0.3 is 5.97 Å². The van der Waals surface area contributed by atoms with E-state index in [9.17, 15) is 19.7 Å². The van der Waals surface area contributed by atoms with Crippen LogP contribution in [-0.2, 0) is 4.74 Å². The Morgan fingerprint density at radius 2 is 1.80 bits per heavy atom. The highest BCUT2D eigenvalue weighted by Crippen LogP contribution is 2.16. The molecule has 0 aliphatic heterocycles. The number of rotatable bonds is 6. The van der Waals surface area contributed by atoms with Crippen molar-refractivity contribution in [3.63, 3.8) is 0 Å². The summed E-state index contributed by atoms with van der Waals surface area (Å²) >= 11 is 0. The van der Waals surface area contributed by atoms with Crippen LogP contribution in [-0.4, -0.2) is 23.4 Å². The van der Waals surface area contributed by atoms with E-state index in [2.05, 4.69) is 5.32 Å². The van der Waals surface area contributed by atoms with Gasteiger partial charge in [0, 0.05) is 23.4 Å². The zero-order chi connectivity index (χ0) is 18.4. The summed E-state index contributed by atoms with van der Waals surface area (Å²) < 4.78 is 5.13. The smallest absolute Gasteiger partial charge is 0.338 e. The molecule has 1 N–H and O–H groups in total. The van der Waals surface area contributed by atoms with E-state index in [1.54, 1.807) is 24.3 Å². The first-order valence-corrected chi connectivity index (χ1v) is 7.70. The van der Waals surface area contributed by atoms with Gasteiger partial charge in [0.15, 0.2) is 0 Å². The van der Waals surface area contributed by atoms with Crippen molar-refractivity contribution in [3.8, 4) is 0 Å². The fraction of sp³-hybridized carbons (Fsp3) is 0.222. The number of amides is 1. The largest absolute Gasteiger partial charge is 0.462 e. The van der Waals surface area contributed by atoms with Gasteiger partial charge in [0.05, 0.1) is 17.1 Å². The van der Waals surface area contributed by atoms with Crippen molar-refractivity contribution in [2.45, 2.75) is 13.8 Å². The van der Waals surface area contributed by atoms with E-state index in [0.717, 1.165) is 0 Å². The van der Waals surface area contributed by atoms with E-state index in [4.69, 9.17) is 4.74 Å². The number of hydrogen-bond acceptors (Lipinski definition) is 5. The molecule has 0 fully saturated rings. The molecule has 7 heteroatoms. The molecular formula is C18H18N2O5. The molecule has 0 aliphatic rings. The van der Waals surface area contributed by atoms with Crippen molar-refractivity contribution >= 4 is 23.3 Å². The summed E-state index contributed by atoms with van der Waals surface area (Å²) in [6.45, 7) is 4.23. The molecule has 0 saturated heterocycles. The van der Waals surface area contributed by atoms with Gasteiger partial charge in [0.2, 0.25) is 0 Å². The average Bonchev–Trinajstić information content (AvgIpc) is 2.60. The average molecular weight is 342 g/mol. The van der Waals surface area contributed by atoms with Crippen LogP contribution in [0.1, 0.15) is 34.6 Å². The third kappa shape index (κ3) is 5.13. The number of non-ortho nitro benzene ring substituents is 1. The SMILES string of the molecule is CC(C)COC(=O)c1ccc(NC(=O)c2cccc([N+](=O)[O-])c2)cc1. The zero-order valence-corrected chi connectivity index (χ0v) is 13.9. The molecule has 0 unspecified atom stereocenters. The number of nitro groups is 1. The van der Waals surface area contributed by atoms with Gasteiger partial charge in [0.1, 0.15) is 0 Å². The van der Waals surface area contributed by atoms with Gasteiger partial charge in [-0.3, -0.25) is 14.9 Å². The maximum atomic E-state index is 12.2. The fourth-order valence-electron chi connectivity index (χ4n) is 1.98. The van der Waals surface area contributed by atoms with Crippen LogP contribution in [0.15, 0.2) is 48.5 Å². The lowest BCUT2D eigenvalue weighted by Crippen LogP contribution is -2.13. The first-order valence-electron chi connectivity index (χ1n) is 7.70. The Morgan fingerprint density at radius 3 is 2.40 bits per heavy atom. The number of ether oxygens (including phenoxy) is 1. The molecule has 2 aromatic rings. The van der Waals surface area contributed by atoms with Crippen LogP contribution < -0.4 is 5.32 Å². The van der Waals surface area contributed by atoms with E-state index >= 15 is 0 Å². The number of nitro benzene ring substituents is 1. The van der Waals surface area contributed by atoms with Crippen LogP contribution in [0.4, 0.5) is 11.4 Å². The van der Waals surface area contributed by atoms with Gasteiger partial charge in [-0.1, -0.05) is 19.9 Å². The second kappa shape index (κ2) is 8.05. The lowest BCUT2D eigenvalue weighted by atomic mass is 10.1. The Morgan fingerprint density at radius 1 is 1.12 bits per heavy atom. The van der Waals surface area contributed by atoms with Crippen molar-refractivity contribution in [2.75, 3.05) is 11.9 Å². The maximum absolute atomic E-state index is 12.2. The first kappa shape index (κ1) is 18.1. The molecule has 0 saturated carbocycles. The van der Waals surface area contributed by atoms with Crippen molar-refractivity contribution in [2.24, 2.45) is 5.92 Å². The Labute approximate surface area is 144 Å². The van der Waals surface area contributed by atoms with Crippen LogP contribution in [0.25, 0.3) is 0 Å². The predicted octanol–water partition coefficient (Wildman–Crippen LogP) is 3.66. The molecule has 0 bridgehead atoms. The number of benzene rings is 2. The molecule has 0 heterocycles. The summed E-state index contributed by atoms with van der Waals surface area (Å²) in [5.74, 6) is -0.651. The van der Waals surface area contributed by atoms with Crippen LogP contribution in [0.2, 0.25) is 0 Å². The quantitative estimate of drug-likeness (QED) is 0.491. The third-order valence-corrected chi connectivity index (χ3v) is 3.25. The molecule has 0 radical (unpaired) electrons. The topological polar surface area (TPSA) is 98.5 Å². The standard InChI is InChI=1S/C18H18N2O5/c1-12(2)11-25-18(22)13-6-8-15(9-7-13)19-17(21)14-4-3-5-16(10-14)20(23)24/h3-10,12H,11H2,1-2H3,(H,19,21). The molecule has 0 spiro atoms. The predicted molar refractivity (Wildman–Crippen MR) is 92.6 cm³/mol. The van der Waals surface area contributed by atoms with Crippen molar-refractivity contribution in [3.05, 3.63) is 69.8 Å². The zero-order valence-electron chi connectivity index (χ0n) is 13.9. The summed E-state index contributed by atoms with van der Waals surface area (Å²) in [4.78, 5) is 34.2. The number of carbonyl (C=O) groups is 2. The second-order valence-electron chi connectivity index (χ2n) is 5.83. The van der Waals surface area contributed by atoms with Crippen LogP contribution in [0, 0.1) is 16.0 Å². The lowest BCUT2D eigenvalue weighted by Gasteiger charge is -2.08. The van der Waals surface area contributed by atoms with Gasteiger partial charge in [-0.25, -0.2) is 4.79 Å². The molecule has 0 atom stereocenters. The van der Waals surface area contributed by atoms with Crippen molar-refractivity contribution < 1.29 is 19.2 Å². The first-order chi connectivity index (χ1) is 11.9. The van der Waals surface area contributed by atoms with E-state index in [-0.39, 0.29) is 17.2 Å². The normalized spacial score (nSPS) is 10.4. The molecule has 0 aliphatic carbocycles. The van der Waals surface area contributed by atoms with Gasteiger partial charge in [-0.05, 0) is 36.2 Å². The molecule has 25 heavy (non-hydrogen) atoms. The minimum atomic E-state index is -0.561. The maximum Gasteiger partial charge on any atom is 0.338 e. The van der Waals surface area contributed by atoms with E-state index < -0.39 is 16.8 Å². The Bertz CT molecular complexity index is 784. The Balaban J connectivity index is 2.03. The number of anilines is 1. The summed E-state index contributed by atoms with van der Waals surface area (Å²) in [6, 6.07) is 11.7. The minimum Gasteiger partial charge on any atom is -0.462 e. The van der Waals surface area contributed by atoms with E-state index in [1.165, 1.54) is 24.3 Å². The van der Waals surface area contributed by atoms with Crippen molar-refractivity contribution in [1.29, 1.82) is 0 Å². The van der Waals surface area contributed by atoms with Gasteiger partial charge in [-0.15, -0.1) is 0 Å². The Hall–Kier alpha value is -3.22. The van der Waals surface area contributed by atoms with Gasteiger partial charge in [0.25, 0.3) is 11.6 Å². The lowest BCUT2D eigenvalue weighted by molar-refractivity contribution is -0.384. The minimum absolute atomic E-state index is 0.157. The van der Waals surface area contributed by atoms with Crippen LogP contribution >= 0.6 is 0 Å². The van der Waals surface area contributed by atoms with Crippen LogP contribution in [0.5, 0.6) is 0 Å². The summed E-state index contributed by atoms with van der Waals surface area (Å²) in [6.07, 6.45) is 0. The molecule has 2 aromatic carbocycles. The van der Waals surface area contributed by atoms with E-state index in [0.29, 0.717) is 17.9 Å². The summed E-state index contributed by atoms with van der Waals surface area (Å²) in [5, 5.41) is 13.4. The summed E-state index contributed by atoms with van der Waals surface area (Å²) in [7, 11) is 0. The second-order valence-corrected chi connectivity index (χ2v) is 5.83. The number of carbonyl (C=O) groups excluding carboxylic acids is 2. The monoisotopic (exact) mass is 342 g/mol. The van der Waals surface area contributed by atoms with Gasteiger partial charge in [-0.2, -0.15) is 0 Å². The van der Waals surface area contributed by atoms with Gasteiger partial charge < -0.3 is 10.1 Å². The molecule has 2 rings (SSSR count). The molecular weight excluding hydrogens is 324 g/mol. The summed E-state index contributed by atoms with van der Waals surface area (Å²) in [5.41, 5.74) is 0.872. The highest BCUT2D eigenvalue weighted by molar-refractivity contribution is 6.04. The molecule has 1 amide bonds. The van der Waals surface area contributed by atoms with Crippen molar-refractivity contribution in [1.82, 2.24) is 0 Å². The number of nitrogens with one attached hydrogen (secondary N) is 1. The molecule has 7 nitrogen and oxygen atoms in total. The highest BCUT2D eigenvalue weighted by atomic mass is 16.6. The fourth-order valence-corrected chi connectivity index (χ4v) is 1.98. The number of hydrogen-bond donors (Lipinski definition) is 1.